The lowest BCUT2D eigenvalue weighted by molar-refractivity contribution is -0.150. The van der Waals surface area contributed by atoms with Crippen molar-refractivity contribution in [2.24, 2.45) is 81.8 Å². The van der Waals surface area contributed by atoms with Crippen molar-refractivity contribution in [1.82, 2.24) is 10.2 Å². The Hall–Kier alpha value is -1.26. The number of aliphatic carboxylic acids is 1. The Labute approximate surface area is 372 Å². The summed E-state index contributed by atoms with van der Waals surface area (Å²) in [6.45, 7) is 16.0. The van der Waals surface area contributed by atoms with Crippen molar-refractivity contribution in [3.63, 3.8) is 0 Å². The van der Waals surface area contributed by atoms with Crippen LogP contribution in [0.25, 0.3) is 0 Å². The molecule has 1 amide bonds. The average molecular weight is 857 g/mol. The molecule has 0 aromatic carbocycles. The van der Waals surface area contributed by atoms with Gasteiger partial charge in [-0.1, -0.05) is 28.7 Å². The quantitative estimate of drug-likeness (QED) is 0.216. The normalized spacial score (nSPS) is 47.6. The Kier molecular flexibility index (Phi) is 16.2. The second-order valence-corrected chi connectivity index (χ2v) is 23.0. The second-order valence-electron chi connectivity index (χ2n) is 23.0. The number of amides is 1. The van der Waals surface area contributed by atoms with Crippen LogP contribution in [0.15, 0.2) is 0 Å². The summed E-state index contributed by atoms with van der Waals surface area (Å²) in [5.74, 6) is 7.66. The van der Waals surface area contributed by atoms with Crippen molar-refractivity contribution in [1.29, 1.82) is 0 Å². The van der Waals surface area contributed by atoms with E-state index in [2.05, 4.69) is 24.1 Å². The lowest BCUT2D eigenvalue weighted by Crippen LogP contribution is -2.52. The van der Waals surface area contributed by atoms with Gasteiger partial charge in [0.1, 0.15) is 0 Å². The molecule has 61 heavy (non-hydrogen) atoms. The van der Waals surface area contributed by atoms with Gasteiger partial charge in [0.25, 0.3) is 0 Å². The summed E-state index contributed by atoms with van der Waals surface area (Å²) in [6.07, 6.45) is 22.9. The van der Waals surface area contributed by atoms with Crippen LogP contribution in [-0.4, -0.2) is 95.9 Å². The third-order valence-electron chi connectivity index (χ3n) is 19.7. The Morgan fingerprint density at radius 3 is 1.62 bits per heavy atom. The molecule has 9 heteroatoms. The van der Waals surface area contributed by atoms with Crippen LogP contribution in [0.2, 0.25) is 0 Å². The van der Waals surface area contributed by atoms with E-state index in [-0.39, 0.29) is 37.5 Å². The van der Waals surface area contributed by atoms with Gasteiger partial charge in [0.2, 0.25) is 5.91 Å². The Balaban J connectivity index is 0.000000174. The van der Waals surface area contributed by atoms with Crippen LogP contribution >= 0.6 is 0 Å². The smallest absolute Gasteiger partial charge is 0.307 e. The molecule has 352 valence electrons. The fraction of sp³-hybridized carbons (Fsp3) is 0.962. The van der Waals surface area contributed by atoms with E-state index in [9.17, 15) is 24.9 Å². The van der Waals surface area contributed by atoms with Crippen molar-refractivity contribution in [3.8, 4) is 0 Å². The van der Waals surface area contributed by atoms with E-state index in [0.29, 0.717) is 24.3 Å². The summed E-state index contributed by atoms with van der Waals surface area (Å²) in [5, 5.41) is 33.9. The molecular formula is C52H92N2O7. The molecule has 0 bridgehead atoms. The van der Waals surface area contributed by atoms with Gasteiger partial charge < -0.3 is 35.0 Å². The molecule has 0 aromatic heterocycles. The third-order valence-corrected chi connectivity index (χ3v) is 19.7. The van der Waals surface area contributed by atoms with Gasteiger partial charge in [-0.3, -0.25) is 9.59 Å². The van der Waals surface area contributed by atoms with Crippen LogP contribution in [0.1, 0.15) is 171 Å². The largest absolute Gasteiger partial charge is 0.481 e. The van der Waals surface area contributed by atoms with E-state index in [0.717, 1.165) is 151 Å². The Morgan fingerprint density at radius 1 is 0.541 bits per heavy atom. The summed E-state index contributed by atoms with van der Waals surface area (Å²) in [4.78, 5) is 27.3. The molecule has 10 fully saturated rings. The number of rotatable bonds is 2. The Bertz CT molecular complexity index is 1430. The van der Waals surface area contributed by atoms with Crippen LogP contribution in [-0.2, 0) is 19.1 Å². The molecule has 10 aliphatic rings. The first kappa shape index (κ1) is 49.2. The highest BCUT2D eigenvalue weighted by atomic mass is 16.5. The molecule has 0 spiro atoms. The van der Waals surface area contributed by atoms with Crippen molar-refractivity contribution in [3.05, 3.63) is 0 Å². The highest BCUT2D eigenvalue weighted by Gasteiger charge is 2.61. The van der Waals surface area contributed by atoms with Crippen LogP contribution < -0.4 is 5.32 Å². The maximum absolute atomic E-state index is 13.5. The van der Waals surface area contributed by atoms with Gasteiger partial charge in [0.05, 0.1) is 30.3 Å². The van der Waals surface area contributed by atoms with Crippen LogP contribution in [0.4, 0.5) is 0 Å². The van der Waals surface area contributed by atoms with E-state index >= 15 is 0 Å². The van der Waals surface area contributed by atoms with Gasteiger partial charge in [-0.05, 0) is 219 Å². The van der Waals surface area contributed by atoms with E-state index in [4.69, 9.17) is 9.47 Å². The first-order chi connectivity index (χ1) is 28.2. The minimum atomic E-state index is -0.559. The zero-order valence-electron chi connectivity index (χ0n) is 37.6. The number of nitrogens with one attached hydrogen (secondary N) is 1. The van der Waals surface area contributed by atoms with Gasteiger partial charge in [0.15, 0.2) is 0 Å². The third kappa shape index (κ3) is 10.1. The molecule has 0 unspecified atom stereocenters. The van der Waals surface area contributed by atoms with Crippen LogP contribution in [0.5, 0.6) is 0 Å². The second kappa shape index (κ2) is 20.1. The molecular weight excluding hydrogens is 765 g/mol. The average Bonchev–Trinajstić information content (AvgIpc) is 3.42. The molecule has 9 nitrogen and oxygen atoms in total. The summed E-state index contributed by atoms with van der Waals surface area (Å²) >= 11 is 0. The monoisotopic (exact) mass is 857 g/mol. The molecule has 16 atom stereocenters. The van der Waals surface area contributed by atoms with Crippen molar-refractivity contribution in [2.45, 2.75) is 182 Å². The molecule has 4 N–H and O–H groups in total. The number of nitrogens with zero attached hydrogens (tertiary/aromatic N) is 1. The number of ether oxygens (including phenoxy) is 2. The zero-order valence-corrected chi connectivity index (χ0v) is 37.6. The number of fused-ring (bicyclic) bond motifs is 10. The summed E-state index contributed by atoms with van der Waals surface area (Å²) in [7, 11) is 0. The summed E-state index contributed by atoms with van der Waals surface area (Å²) < 4.78 is 10.7. The minimum Gasteiger partial charge on any atom is -0.481 e. The van der Waals surface area contributed by atoms with Gasteiger partial charge >= 0.3 is 5.97 Å². The Morgan fingerprint density at radius 2 is 1.05 bits per heavy atom. The molecule has 0 aromatic rings. The molecule has 10 rings (SSSR count). The fourth-order valence-electron chi connectivity index (χ4n) is 16.8. The molecule has 2 saturated heterocycles. The van der Waals surface area contributed by atoms with E-state index < -0.39 is 17.2 Å². The van der Waals surface area contributed by atoms with E-state index in [1.54, 1.807) is 0 Å². The van der Waals surface area contributed by atoms with E-state index in [1.807, 2.05) is 13.8 Å². The first-order valence-electron chi connectivity index (χ1n) is 25.0. The lowest BCUT2D eigenvalue weighted by atomic mass is 9.49. The van der Waals surface area contributed by atoms with E-state index in [1.165, 1.54) is 70.6 Å². The van der Waals surface area contributed by atoms with Gasteiger partial charge in [-0.2, -0.15) is 0 Å². The van der Waals surface area contributed by atoms with Crippen molar-refractivity contribution >= 4 is 11.9 Å². The highest BCUT2D eigenvalue weighted by Crippen LogP contribution is 2.66. The lowest BCUT2D eigenvalue weighted by Gasteiger charge is -2.57. The maximum Gasteiger partial charge on any atom is 0.307 e. The number of carbonyl (C=O) groups excluding carboxylic acids is 1. The predicted molar refractivity (Wildman–Crippen MR) is 244 cm³/mol. The number of carboxylic acid groups (broad SMARTS) is 1. The SMILES string of the molecule is C.C.C1CNCCOC1.C[C@@]1(O)CC[C@H]2[C@H](CC[C@@H]3[C@@H]2CC[C@]2(C)[C@@H](C(=O)N4CCCOCC4)CC[C@@H]32)C1.C[C@@]1(O)CC[C@H]2[C@H](CC[C@@H]3[C@@H]2CC[C@]2(C)[C@@H](C(=O)O)CC[C@@H]32)C1. The van der Waals surface area contributed by atoms with Crippen LogP contribution in [0, 0.1) is 81.8 Å². The van der Waals surface area contributed by atoms with Crippen LogP contribution in [0.3, 0.4) is 0 Å². The fourth-order valence-corrected chi connectivity index (χ4v) is 16.8. The predicted octanol–water partition coefficient (Wildman–Crippen LogP) is 9.61. The summed E-state index contributed by atoms with van der Waals surface area (Å²) in [5.41, 5.74) is -0.629. The molecule has 8 saturated carbocycles. The number of aliphatic hydroxyl groups is 2. The van der Waals surface area contributed by atoms with Crippen molar-refractivity contribution in [2.75, 3.05) is 52.6 Å². The van der Waals surface area contributed by atoms with Gasteiger partial charge in [-0.15, -0.1) is 0 Å². The molecule has 2 aliphatic heterocycles. The first-order valence-corrected chi connectivity index (χ1v) is 25.0. The topological polar surface area (TPSA) is 129 Å². The number of hydrogen-bond acceptors (Lipinski definition) is 7. The number of carbonyl (C=O) groups is 2. The van der Waals surface area contributed by atoms with Crippen molar-refractivity contribution < 1.29 is 34.4 Å². The van der Waals surface area contributed by atoms with Gasteiger partial charge in [0, 0.05) is 38.8 Å². The molecule has 2 heterocycles. The van der Waals surface area contributed by atoms with Gasteiger partial charge in [-0.25, -0.2) is 0 Å². The standard InChI is InChI=1S/C25H41NO3.C20H32O3.C5H11NO.2CH4/c1-24(28)10-8-18-17(16-24)4-5-20-19(18)9-11-25(2)21(20)6-7-22(25)23(27)26-12-3-14-29-15-13-26;1-19(23)9-7-13-12(11-19)3-4-15-14(13)8-10-20(2)16(15)5-6-17(20)18(21)22;1-2-6-3-5-7-4-1;;/h17-22,28H,3-16H2,1-2H3;12-17,23H,3-11H2,1-2H3,(H,21,22);6H,1-5H2;2*1H4/t17-,18+,19-,20-,21+,22-,24-,25+;12-,13+,14-,15-,16+,17-,19-,20+;;;/m11.../s1. The zero-order chi connectivity index (χ0) is 41.6. The maximum atomic E-state index is 13.5. The molecule has 0 radical (unpaired) electrons. The molecule has 8 aliphatic carbocycles. The highest BCUT2D eigenvalue weighted by molar-refractivity contribution is 5.80. The summed E-state index contributed by atoms with van der Waals surface area (Å²) in [6, 6.07) is 0. The number of hydrogen-bond donors (Lipinski definition) is 4. The number of carboxylic acids is 1. The minimum absolute atomic E-state index is 0.